The van der Waals surface area contributed by atoms with Gasteiger partial charge in [-0.3, -0.25) is 0 Å². The van der Waals surface area contributed by atoms with Crippen LogP contribution in [0.25, 0.3) is 0 Å². The number of nitrogens with two attached hydrogens (primary N) is 1. The quantitative estimate of drug-likeness (QED) is 0.869. The van der Waals surface area contributed by atoms with Crippen molar-refractivity contribution >= 4 is 0 Å². The normalized spacial score (nSPS) is 20.4. The first-order valence-electron chi connectivity index (χ1n) is 7.33. The van der Waals surface area contributed by atoms with E-state index in [9.17, 15) is 0 Å². The summed E-state index contributed by atoms with van der Waals surface area (Å²) in [6.45, 7) is 0.895. The predicted molar refractivity (Wildman–Crippen MR) is 79.3 cm³/mol. The van der Waals surface area contributed by atoms with Crippen molar-refractivity contribution in [1.82, 2.24) is 0 Å². The highest BCUT2D eigenvalue weighted by Gasteiger charge is 2.18. The lowest BCUT2D eigenvalue weighted by molar-refractivity contribution is 0.00909. The van der Waals surface area contributed by atoms with Gasteiger partial charge < -0.3 is 19.9 Å². The Kier molecular flexibility index (Phi) is 5.68. The highest BCUT2D eigenvalue weighted by atomic mass is 16.5. The fourth-order valence-corrected chi connectivity index (χ4v) is 2.68. The molecule has 0 aromatic heterocycles. The number of ether oxygens (including phenoxy) is 3. The van der Waals surface area contributed by atoms with E-state index in [2.05, 4.69) is 0 Å². The van der Waals surface area contributed by atoms with Crippen LogP contribution in [-0.2, 0) is 4.74 Å². The van der Waals surface area contributed by atoms with Crippen molar-refractivity contribution in [3.8, 4) is 11.5 Å². The van der Waals surface area contributed by atoms with E-state index in [1.807, 2.05) is 18.2 Å². The average Bonchev–Trinajstić information content (AvgIpc) is 2.52. The zero-order valence-corrected chi connectivity index (χ0v) is 12.4. The first-order valence-corrected chi connectivity index (χ1v) is 7.33. The highest BCUT2D eigenvalue weighted by Crippen LogP contribution is 2.31. The van der Waals surface area contributed by atoms with Crippen LogP contribution in [0.1, 0.15) is 43.7 Å². The minimum atomic E-state index is -0.0265. The Hall–Kier alpha value is -1.26. The van der Waals surface area contributed by atoms with E-state index in [4.69, 9.17) is 19.9 Å². The Morgan fingerprint density at radius 2 is 2.15 bits per heavy atom. The summed E-state index contributed by atoms with van der Waals surface area (Å²) >= 11 is 0. The van der Waals surface area contributed by atoms with E-state index in [0.717, 1.165) is 42.9 Å². The van der Waals surface area contributed by atoms with Gasteiger partial charge in [0.25, 0.3) is 0 Å². The fourth-order valence-electron chi connectivity index (χ4n) is 2.68. The van der Waals surface area contributed by atoms with Gasteiger partial charge in [0.15, 0.2) is 0 Å². The second-order valence-electron chi connectivity index (χ2n) is 5.28. The smallest absolute Gasteiger partial charge is 0.127 e. The third-order valence-corrected chi connectivity index (χ3v) is 3.91. The molecule has 0 saturated carbocycles. The molecule has 2 rings (SSSR count). The highest BCUT2D eigenvalue weighted by molar-refractivity contribution is 5.42. The molecule has 1 fully saturated rings. The zero-order valence-electron chi connectivity index (χ0n) is 12.4. The molecule has 0 bridgehead atoms. The van der Waals surface area contributed by atoms with E-state index in [0.29, 0.717) is 6.10 Å². The number of benzene rings is 1. The zero-order chi connectivity index (χ0) is 14.4. The molecule has 2 N–H and O–H groups in total. The molecule has 20 heavy (non-hydrogen) atoms. The molecule has 1 heterocycles. The van der Waals surface area contributed by atoms with E-state index in [1.54, 1.807) is 14.2 Å². The maximum absolute atomic E-state index is 6.30. The molecule has 0 aliphatic carbocycles. The number of hydrogen-bond acceptors (Lipinski definition) is 4. The summed E-state index contributed by atoms with van der Waals surface area (Å²) < 4.78 is 16.4. The molecule has 0 amide bonds. The molecule has 1 aromatic carbocycles. The van der Waals surface area contributed by atoms with Crippen molar-refractivity contribution in [2.75, 3.05) is 20.8 Å². The molecule has 4 heteroatoms. The van der Waals surface area contributed by atoms with Crippen LogP contribution in [0.4, 0.5) is 0 Å². The van der Waals surface area contributed by atoms with E-state index < -0.39 is 0 Å². The van der Waals surface area contributed by atoms with E-state index >= 15 is 0 Å². The van der Waals surface area contributed by atoms with Gasteiger partial charge in [0, 0.05) is 24.3 Å². The first-order chi connectivity index (χ1) is 9.74. The maximum atomic E-state index is 6.30. The third kappa shape index (κ3) is 3.87. The van der Waals surface area contributed by atoms with Crippen LogP contribution in [0, 0.1) is 0 Å². The van der Waals surface area contributed by atoms with Gasteiger partial charge in [-0.2, -0.15) is 0 Å². The Bertz CT molecular complexity index is 416. The average molecular weight is 279 g/mol. The lowest BCUT2D eigenvalue weighted by Gasteiger charge is -2.24. The summed E-state index contributed by atoms with van der Waals surface area (Å²) in [5, 5.41) is 0. The van der Waals surface area contributed by atoms with Crippen molar-refractivity contribution in [3.05, 3.63) is 23.8 Å². The summed E-state index contributed by atoms with van der Waals surface area (Å²) in [7, 11) is 3.31. The molecule has 1 saturated heterocycles. The molecular weight excluding hydrogens is 254 g/mol. The lowest BCUT2D eigenvalue weighted by atomic mass is 9.97. The van der Waals surface area contributed by atoms with Gasteiger partial charge in [0.1, 0.15) is 11.5 Å². The second-order valence-corrected chi connectivity index (χ2v) is 5.28. The Labute approximate surface area is 121 Å². The third-order valence-electron chi connectivity index (χ3n) is 3.91. The molecular formula is C16H25NO3. The van der Waals surface area contributed by atoms with Crippen molar-refractivity contribution in [2.45, 2.75) is 44.2 Å². The number of rotatable bonds is 6. The summed E-state index contributed by atoms with van der Waals surface area (Å²) in [5.41, 5.74) is 7.34. The standard InChI is InChI=1S/C16H25NO3/c1-18-13-6-8-14(16(11-13)19-2)15(17)9-7-12-5-3-4-10-20-12/h6,8,11-12,15H,3-5,7,9-10,17H2,1-2H3. The molecule has 4 nitrogen and oxygen atoms in total. The van der Waals surface area contributed by atoms with Gasteiger partial charge in [-0.1, -0.05) is 6.07 Å². The van der Waals surface area contributed by atoms with Crippen LogP contribution in [0.5, 0.6) is 11.5 Å². The summed E-state index contributed by atoms with van der Waals surface area (Å²) in [6, 6.07) is 5.77. The van der Waals surface area contributed by atoms with Gasteiger partial charge in [-0.05, 0) is 38.2 Å². The van der Waals surface area contributed by atoms with Crippen LogP contribution in [0.3, 0.4) is 0 Å². The van der Waals surface area contributed by atoms with Crippen LogP contribution in [-0.4, -0.2) is 26.9 Å². The van der Waals surface area contributed by atoms with Crippen molar-refractivity contribution in [2.24, 2.45) is 5.73 Å². The molecule has 0 radical (unpaired) electrons. The van der Waals surface area contributed by atoms with Gasteiger partial charge in [0.05, 0.1) is 20.3 Å². The van der Waals surface area contributed by atoms with Gasteiger partial charge in [-0.15, -0.1) is 0 Å². The summed E-state index contributed by atoms with van der Waals surface area (Å²) in [4.78, 5) is 0. The van der Waals surface area contributed by atoms with Gasteiger partial charge in [-0.25, -0.2) is 0 Å². The Balaban J connectivity index is 1.95. The second kappa shape index (κ2) is 7.50. The molecule has 2 atom stereocenters. The molecule has 112 valence electrons. The first kappa shape index (κ1) is 15.1. The molecule has 2 unspecified atom stereocenters. The minimum absolute atomic E-state index is 0.0265. The largest absolute Gasteiger partial charge is 0.497 e. The summed E-state index contributed by atoms with van der Waals surface area (Å²) in [6.07, 6.45) is 5.91. The Morgan fingerprint density at radius 1 is 1.30 bits per heavy atom. The van der Waals surface area contributed by atoms with E-state index in [1.165, 1.54) is 12.8 Å². The van der Waals surface area contributed by atoms with Crippen LogP contribution in [0.15, 0.2) is 18.2 Å². The Morgan fingerprint density at radius 3 is 2.80 bits per heavy atom. The van der Waals surface area contributed by atoms with Crippen molar-refractivity contribution < 1.29 is 14.2 Å². The SMILES string of the molecule is COc1ccc(C(N)CCC2CCCCO2)c(OC)c1. The molecule has 1 aromatic rings. The molecule has 1 aliphatic rings. The van der Waals surface area contributed by atoms with Crippen LogP contribution in [0.2, 0.25) is 0 Å². The summed E-state index contributed by atoms with van der Waals surface area (Å²) in [5.74, 6) is 1.58. The number of methoxy groups -OCH3 is 2. The molecule has 1 aliphatic heterocycles. The van der Waals surface area contributed by atoms with Gasteiger partial charge >= 0.3 is 0 Å². The lowest BCUT2D eigenvalue weighted by Crippen LogP contribution is -2.21. The van der Waals surface area contributed by atoms with Crippen molar-refractivity contribution in [1.29, 1.82) is 0 Å². The van der Waals surface area contributed by atoms with E-state index in [-0.39, 0.29) is 6.04 Å². The topological polar surface area (TPSA) is 53.7 Å². The minimum Gasteiger partial charge on any atom is -0.497 e. The maximum Gasteiger partial charge on any atom is 0.127 e. The monoisotopic (exact) mass is 279 g/mol. The van der Waals surface area contributed by atoms with Crippen LogP contribution >= 0.6 is 0 Å². The van der Waals surface area contributed by atoms with Gasteiger partial charge in [0.2, 0.25) is 0 Å². The van der Waals surface area contributed by atoms with Crippen molar-refractivity contribution in [3.63, 3.8) is 0 Å². The predicted octanol–water partition coefficient (Wildman–Crippen LogP) is 3.05. The number of hydrogen-bond donors (Lipinski definition) is 1. The van der Waals surface area contributed by atoms with Crippen LogP contribution < -0.4 is 15.2 Å². The fraction of sp³-hybridized carbons (Fsp3) is 0.625. The molecule has 0 spiro atoms.